The number of fused-ring (bicyclic) bond motifs is 1. The largest absolute Gasteiger partial charge is 0.464 e. The molecule has 1 atom stereocenters. The standard InChI is InChI=1S/C13H14N4O2/c14-13-15-8-17(16-13)6-12(18)19-7-10-5-9-3-1-2-4-11(9)10/h1-4,8,10H,5-7H2,(H2,14,16). The van der Waals surface area contributed by atoms with Crippen LogP contribution in [0.2, 0.25) is 0 Å². The summed E-state index contributed by atoms with van der Waals surface area (Å²) < 4.78 is 6.62. The van der Waals surface area contributed by atoms with E-state index >= 15 is 0 Å². The topological polar surface area (TPSA) is 83.0 Å². The first kappa shape index (κ1) is 11.7. The molecule has 2 N–H and O–H groups in total. The van der Waals surface area contributed by atoms with Crippen LogP contribution in [-0.4, -0.2) is 27.3 Å². The minimum atomic E-state index is -0.325. The molecule has 0 aliphatic heterocycles. The molecular weight excluding hydrogens is 244 g/mol. The minimum Gasteiger partial charge on any atom is -0.464 e. The van der Waals surface area contributed by atoms with Crippen molar-refractivity contribution in [3.8, 4) is 0 Å². The summed E-state index contributed by atoms with van der Waals surface area (Å²) >= 11 is 0. The Morgan fingerprint density at radius 3 is 3.05 bits per heavy atom. The number of nitrogen functional groups attached to an aromatic ring is 1. The smallest absolute Gasteiger partial charge is 0.327 e. The van der Waals surface area contributed by atoms with Crippen LogP contribution in [0.1, 0.15) is 17.0 Å². The van der Waals surface area contributed by atoms with Crippen LogP contribution >= 0.6 is 0 Å². The van der Waals surface area contributed by atoms with Crippen molar-refractivity contribution in [2.45, 2.75) is 18.9 Å². The van der Waals surface area contributed by atoms with Crippen LogP contribution in [0.15, 0.2) is 30.6 Å². The Morgan fingerprint density at radius 1 is 1.47 bits per heavy atom. The SMILES string of the molecule is Nc1ncn(CC(=O)OCC2Cc3ccccc32)n1. The molecular formula is C13H14N4O2. The van der Waals surface area contributed by atoms with Gasteiger partial charge in [-0.05, 0) is 17.5 Å². The molecule has 2 aromatic rings. The van der Waals surface area contributed by atoms with Crippen molar-refractivity contribution >= 4 is 11.9 Å². The van der Waals surface area contributed by atoms with Gasteiger partial charge in [-0.25, -0.2) is 9.67 Å². The van der Waals surface area contributed by atoms with Crippen LogP contribution in [0.25, 0.3) is 0 Å². The predicted octanol–water partition coefficient (Wildman–Crippen LogP) is 0.743. The first-order valence-electron chi connectivity index (χ1n) is 6.11. The molecule has 3 rings (SSSR count). The van der Waals surface area contributed by atoms with Crippen LogP contribution in [0.3, 0.4) is 0 Å². The monoisotopic (exact) mass is 258 g/mol. The summed E-state index contributed by atoms with van der Waals surface area (Å²) in [5.41, 5.74) is 7.98. The van der Waals surface area contributed by atoms with Crippen LogP contribution in [0, 0.1) is 0 Å². The Bertz CT molecular complexity index is 608. The van der Waals surface area contributed by atoms with Crippen LogP contribution < -0.4 is 5.73 Å². The van der Waals surface area contributed by atoms with Crippen molar-refractivity contribution in [2.75, 3.05) is 12.3 Å². The lowest BCUT2D eigenvalue weighted by atomic mass is 9.78. The van der Waals surface area contributed by atoms with Gasteiger partial charge in [-0.15, -0.1) is 5.10 Å². The highest BCUT2D eigenvalue weighted by Crippen LogP contribution is 2.34. The van der Waals surface area contributed by atoms with Gasteiger partial charge in [0.15, 0.2) is 0 Å². The molecule has 1 aromatic heterocycles. The molecule has 98 valence electrons. The molecule has 1 aromatic carbocycles. The van der Waals surface area contributed by atoms with Crippen molar-refractivity contribution in [1.29, 1.82) is 0 Å². The highest BCUT2D eigenvalue weighted by atomic mass is 16.5. The number of hydrogen-bond acceptors (Lipinski definition) is 5. The van der Waals surface area contributed by atoms with E-state index in [-0.39, 0.29) is 18.5 Å². The molecule has 6 heteroatoms. The summed E-state index contributed by atoms with van der Waals surface area (Å²) in [5, 5.41) is 3.83. The number of carbonyl (C=O) groups excluding carboxylic acids is 1. The molecule has 0 fully saturated rings. The summed E-state index contributed by atoms with van der Waals surface area (Å²) in [6.45, 7) is 0.457. The summed E-state index contributed by atoms with van der Waals surface area (Å²) in [6, 6.07) is 8.21. The highest BCUT2D eigenvalue weighted by molar-refractivity contribution is 5.69. The van der Waals surface area contributed by atoms with Gasteiger partial charge in [0.25, 0.3) is 0 Å². The van der Waals surface area contributed by atoms with E-state index in [0.717, 1.165) is 6.42 Å². The van der Waals surface area contributed by atoms with E-state index in [1.807, 2.05) is 12.1 Å². The van der Waals surface area contributed by atoms with Crippen molar-refractivity contribution in [3.05, 3.63) is 41.7 Å². The molecule has 0 saturated carbocycles. The third-order valence-corrected chi connectivity index (χ3v) is 3.25. The van der Waals surface area contributed by atoms with Crippen molar-refractivity contribution in [1.82, 2.24) is 14.8 Å². The maximum atomic E-state index is 11.6. The zero-order valence-corrected chi connectivity index (χ0v) is 10.3. The number of nitrogens with zero attached hydrogens (tertiary/aromatic N) is 3. The molecule has 0 radical (unpaired) electrons. The Balaban J connectivity index is 1.50. The Morgan fingerprint density at radius 2 is 2.32 bits per heavy atom. The summed E-state index contributed by atoms with van der Waals surface area (Å²) in [7, 11) is 0. The summed E-state index contributed by atoms with van der Waals surface area (Å²) in [4.78, 5) is 15.4. The number of aromatic nitrogens is 3. The third kappa shape index (κ3) is 2.42. The van der Waals surface area contributed by atoms with E-state index in [2.05, 4.69) is 22.2 Å². The Hall–Kier alpha value is -2.37. The van der Waals surface area contributed by atoms with Gasteiger partial charge in [0, 0.05) is 5.92 Å². The Labute approximate surface area is 110 Å². The van der Waals surface area contributed by atoms with E-state index in [9.17, 15) is 4.79 Å². The number of ether oxygens (including phenoxy) is 1. The fraction of sp³-hybridized carbons (Fsp3) is 0.308. The number of carbonyl (C=O) groups is 1. The number of benzene rings is 1. The average Bonchev–Trinajstić information content (AvgIpc) is 2.76. The maximum absolute atomic E-state index is 11.6. The molecule has 1 aliphatic carbocycles. The molecule has 6 nitrogen and oxygen atoms in total. The third-order valence-electron chi connectivity index (χ3n) is 3.25. The Kier molecular flexibility index (Phi) is 2.91. The second-order valence-corrected chi connectivity index (χ2v) is 4.58. The quantitative estimate of drug-likeness (QED) is 0.818. The van der Waals surface area contributed by atoms with E-state index < -0.39 is 0 Å². The second-order valence-electron chi connectivity index (χ2n) is 4.58. The van der Waals surface area contributed by atoms with Crippen LogP contribution in [-0.2, 0) is 22.5 Å². The number of anilines is 1. The highest BCUT2D eigenvalue weighted by Gasteiger charge is 2.26. The molecule has 0 saturated heterocycles. The van der Waals surface area contributed by atoms with Crippen molar-refractivity contribution in [3.63, 3.8) is 0 Å². The van der Waals surface area contributed by atoms with Gasteiger partial charge in [-0.2, -0.15) is 0 Å². The van der Waals surface area contributed by atoms with E-state index in [1.165, 1.54) is 22.1 Å². The van der Waals surface area contributed by atoms with E-state index in [0.29, 0.717) is 12.5 Å². The minimum absolute atomic E-state index is 0.0402. The van der Waals surface area contributed by atoms with Crippen molar-refractivity contribution in [2.24, 2.45) is 0 Å². The second kappa shape index (κ2) is 4.72. The molecule has 0 spiro atoms. The number of rotatable bonds is 4. The summed E-state index contributed by atoms with van der Waals surface area (Å²) in [6.07, 6.45) is 2.38. The summed E-state index contributed by atoms with van der Waals surface area (Å²) in [5.74, 6) is 0.149. The number of esters is 1. The number of nitrogens with two attached hydrogens (primary N) is 1. The lowest BCUT2D eigenvalue weighted by molar-refractivity contribution is -0.145. The first-order valence-corrected chi connectivity index (χ1v) is 6.11. The molecule has 1 unspecified atom stereocenters. The fourth-order valence-corrected chi connectivity index (χ4v) is 2.27. The van der Waals surface area contributed by atoms with Gasteiger partial charge in [-0.1, -0.05) is 24.3 Å². The van der Waals surface area contributed by atoms with Gasteiger partial charge < -0.3 is 10.5 Å². The maximum Gasteiger partial charge on any atom is 0.327 e. The lowest BCUT2D eigenvalue weighted by Crippen LogP contribution is -2.24. The van der Waals surface area contributed by atoms with E-state index in [4.69, 9.17) is 10.5 Å². The first-order chi connectivity index (χ1) is 9.22. The fourth-order valence-electron chi connectivity index (χ4n) is 2.27. The van der Waals surface area contributed by atoms with Gasteiger partial charge in [0.05, 0.1) is 6.61 Å². The number of hydrogen-bond donors (Lipinski definition) is 1. The van der Waals surface area contributed by atoms with Crippen molar-refractivity contribution < 1.29 is 9.53 Å². The van der Waals surface area contributed by atoms with Crippen LogP contribution in [0.4, 0.5) is 5.95 Å². The molecule has 19 heavy (non-hydrogen) atoms. The zero-order valence-electron chi connectivity index (χ0n) is 10.3. The average molecular weight is 258 g/mol. The molecule has 0 amide bonds. The van der Waals surface area contributed by atoms with Gasteiger partial charge in [-0.3, -0.25) is 4.79 Å². The predicted molar refractivity (Wildman–Crippen MR) is 68.3 cm³/mol. The zero-order chi connectivity index (χ0) is 13.2. The van der Waals surface area contributed by atoms with E-state index in [1.54, 1.807) is 0 Å². The molecule has 0 bridgehead atoms. The normalized spacial score (nSPS) is 16.5. The van der Waals surface area contributed by atoms with Gasteiger partial charge >= 0.3 is 5.97 Å². The molecule has 1 aliphatic rings. The van der Waals surface area contributed by atoms with Crippen LogP contribution in [0.5, 0.6) is 0 Å². The van der Waals surface area contributed by atoms with Gasteiger partial charge in [0.2, 0.25) is 5.95 Å². The lowest BCUT2D eigenvalue weighted by Gasteiger charge is -2.29. The van der Waals surface area contributed by atoms with Gasteiger partial charge in [0.1, 0.15) is 12.9 Å². The molecule has 1 heterocycles.